The Bertz CT molecular complexity index is 374. The van der Waals surface area contributed by atoms with Gasteiger partial charge in [-0.15, -0.1) is 20.4 Å². The molecule has 8 nitrogen and oxygen atoms in total. The molecule has 8 heteroatoms. The highest BCUT2D eigenvalue weighted by molar-refractivity contribution is 5.34. The van der Waals surface area contributed by atoms with Crippen molar-refractivity contribution in [3.8, 4) is 0 Å². The second-order valence-corrected chi connectivity index (χ2v) is 2.39. The summed E-state index contributed by atoms with van der Waals surface area (Å²) in [7, 11) is 0. The molecule has 0 atom stereocenters. The third-order valence-corrected chi connectivity index (χ3v) is 1.46. The van der Waals surface area contributed by atoms with Gasteiger partial charge >= 0.3 is 0 Å². The average molecular weight is 202 g/mol. The van der Waals surface area contributed by atoms with Gasteiger partial charge in [0.2, 0.25) is 0 Å². The number of nitrogens with zero attached hydrogens (tertiary/aromatic N) is 7. The summed E-state index contributed by atoms with van der Waals surface area (Å²) in [5.74, 6) is 0. The highest BCUT2D eigenvalue weighted by Crippen LogP contribution is 2.19. The van der Waals surface area contributed by atoms with Crippen LogP contribution in [0.15, 0.2) is 62.7 Å². The molecule has 2 aliphatic heterocycles. The van der Waals surface area contributed by atoms with Crippen molar-refractivity contribution in [2.24, 2.45) is 20.5 Å². The Labute approximate surface area is 84.2 Å². The topological polar surface area (TPSA) is 104 Å². The second kappa shape index (κ2) is 4.65. The number of aromatic amines is 1. The number of nitrogens with one attached hydrogen (secondary N) is 1. The molecule has 0 aromatic carbocycles. The zero-order valence-electron chi connectivity index (χ0n) is 7.52. The van der Waals surface area contributed by atoms with Crippen LogP contribution in [0.4, 0.5) is 0 Å². The van der Waals surface area contributed by atoms with Gasteiger partial charge in [0.25, 0.3) is 0 Å². The van der Waals surface area contributed by atoms with Crippen LogP contribution in [0.1, 0.15) is 0 Å². The first-order valence-electron chi connectivity index (χ1n) is 4.02. The minimum absolute atomic E-state index is 0.775. The lowest BCUT2D eigenvalue weighted by atomic mass is 10.3. The van der Waals surface area contributed by atoms with Crippen molar-refractivity contribution in [2.45, 2.75) is 0 Å². The van der Waals surface area contributed by atoms with Gasteiger partial charge < -0.3 is 0 Å². The predicted octanol–water partition coefficient (Wildman–Crippen LogP) is 1.36. The standard InChI is InChI=1S/C6H4N4.CH2N4/c1-3-7-9-5(1)6-2-4-8-10-6;1-2-4-5-3-1/h1-4H;1H,(H,2,3,4,5). The molecule has 0 saturated carbocycles. The van der Waals surface area contributed by atoms with Crippen molar-refractivity contribution in [3.63, 3.8) is 0 Å². The molecule has 3 heterocycles. The number of H-pyrrole nitrogens is 1. The minimum Gasteiger partial charge on any atom is -0.177 e. The molecule has 15 heavy (non-hydrogen) atoms. The van der Waals surface area contributed by atoms with Crippen molar-refractivity contribution in [2.75, 3.05) is 0 Å². The van der Waals surface area contributed by atoms with Gasteiger partial charge in [0, 0.05) is 0 Å². The van der Waals surface area contributed by atoms with Crippen LogP contribution >= 0.6 is 0 Å². The molecule has 1 aromatic heterocycles. The summed E-state index contributed by atoms with van der Waals surface area (Å²) in [4.78, 5) is 0. The molecule has 0 spiro atoms. The molecule has 1 N–H and O–H groups in total. The van der Waals surface area contributed by atoms with E-state index < -0.39 is 0 Å². The maximum absolute atomic E-state index is 3.81. The Morgan fingerprint density at radius 1 is 0.933 bits per heavy atom. The van der Waals surface area contributed by atoms with Crippen LogP contribution in [-0.2, 0) is 0 Å². The zero-order valence-corrected chi connectivity index (χ0v) is 7.52. The summed E-state index contributed by atoms with van der Waals surface area (Å²) >= 11 is 0. The number of aromatic nitrogens is 4. The fourth-order valence-electron chi connectivity index (χ4n) is 0.868. The van der Waals surface area contributed by atoms with Crippen LogP contribution in [0.5, 0.6) is 0 Å². The summed E-state index contributed by atoms with van der Waals surface area (Å²) in [5, 5.41) is 27.1. The molecule has 2 aliphatic rings. The van der Waals surface area contributed by atoms with E-state index in [2.05, 4.69) is 41.1 Å². The monoisotopic (exact) mass is 202 g/mol. The van der Waals surface area contributed by atoms with Crippen LogP contribution < -0.4 is 0 Å². The number of allylic oxidation sites excluding steroid dienone is 2. The second-order valence-electron chi connectivity index (χ2n) is 2.39. The van der Waals surface area contributed by atoms with Gasteiger partial charge in [0.05, 0.1) is 12.4 Å². The Morgan fingerprint density at radius 3 is 1.87 bits per heavy atom. The molecule has 0 unspecified atom stereocenters. The van der Waals surface area contributed by atoms with Crippen molar-refractivity contribution < 1.29 is 0 Å². The Balaban J connectivity index is 0.000000144. The van der Waals surface area contributed by atoms with E-state index in [1.165, 1.54) is 6.33 Å². The predicted molar refractivity (Wildman–Crippen MR) is 49.2 cm³/mol. The molecule has 0 saturated heterocycles. The molecule has 74 valence electrons. The van der Waals surface area contributed by atoms with Crippen LogP contribution in [0.2, 0.25) is 0 Å². The van der Waals surface area contributed by atoms with Gasteiger partial charge in [-0.3, -0.25) is 0 Å². The number of hydrogen-bond acceptors (Lipinski definition) is 7. The van der Waals surface area contributed by atoms with Crippen LogP contribution in [-0.4, -0.2) is 20.6 Å². The molecular weight excluding hydrogens is 196 g/mol. The van der Waals surface area contributed by atoms with Gasteiger partial charge in [-0.1, -0.05) is 5.21 Å². The molecule has 0 amide bonds. The number of rotatable bonds is 0. The quantitative estimate of drug-likeness (QED) is 0.686. The molecule has 1 aromatic rings. The zero-order chi connectivity index (χ0) is 10.3. The Hall–Kier alpha value is -2.51. The van der Waals surface area contributed by atoms with Crippen LogP contribution in [0.3, 0.4) is 0 Å². The fraction of sp³-hybridized carbons (Fsp3) is 0. The minimum atomic E-state index is 0.775. The first kappa shape index (κ1) is 9.06. The lowest BCUT2D eigenvalue weighted by Gasteiger charge is -1.85. The van der Waals surface area contributed by atoms with Gasteiger partial charge in [-0.05, 0) is 12.2 Å². The lowest BCUT2D eigenvalue weighted by Crippen LogP contribution is -1.72. The highest BCUT2D eigenvalue weighted by Gasteiger charge is 2.04. The lowest BCUT2D eigenvalue weighted by molar-refractivity contribution is 0.881. The van der Waals surface area contributed by atoms with E-state index in [1.807, 2.05) is 0 Å². The smallest absolute Gasteiger partial charge is 0.161 e. The van der Waals surface area contributed by atoms with Crippen LogP contribution in [0.25, 0.3) is 0 Å². The van der Waals surface area contributed by atoms with E-state index in [1.54, 1.807) is 24.6 Å². The van der Waals surface area contributed by atoms with Crippen molar-refractivity contribution >= 4 is 0 Å². The average Bonchev–Trinajstić information content (AvgIpc) is 3.06. The highest BCUT2D eigenvalue weighted by atomic mass is 15.5. The first-order chi connectivity index (χ1) is 7.47. The van der Waals surface area contributed by atoms with Crippen molar-refractivity contribution in [3.05, 3.63) is 42.3 Å². The van der Waals surface area contributed by atoms with Gasteiger partial charge in [-0.25, -0.2) is 0 Å². The van der Waals surface area contributed by atoms with E-state index >= 15 is 0 Å². The molecule has 0 fully saturated rings. The van der Waals surface area contributed by atoms with Gasteiger partial charge in [-0.2, -0.15) is 15.4 Å². The molecule has 0 aliphatic carbocycles. The maximum atomic E-state index is 3.81. The van der Waals surface area contributed by atoms with Crippen LogP contribution in [0, 0.1) is 0 Å². The molecule has 0 radical (unpaired) electrons. The van der Waals surface area contributed by atoms with Gasteiger partial charge in [0.1, 0.15) is 11.4 Å². The number of azo groups is 2. The number of tetrazole rings is 1. The summed E-state index contributed by atoms with van der Waals surface area (Å²) < 4.78 is 0. The van der Waals surface area contributed by atoms with Crippen molar-refractivity contribution in [1.29, 1.82) is 0 Å². The fourth-order valence-corrected chi connectivity index (χ4v) is 0.868. The number of hydrogen-bond donors (Lipinski definition) is 1. The summed E-state index contributed by atoms with van der Waals surface area (Å²) in [6.07, 6.45) is 8.18. The molecular formula is C7H6N8. The van der Waals surface area contributed by atoms with Crippen molar-refractivity contribution in [1.82, 2.24) is 20.6 Å². The summed E-state index contributed by atoms with van der Waals surface area (Å²) in [5.41, 5.74) is 1.55. The van der Waals surface area contributed by atoms with E-state index in [9.17, 15) is 0 Å². The molecule has 3 rings (SSSR count). The third kappa shape index (κ3) is 2.46. The first-order valence-corrected chi connectivity index (χ1v) is 4.02. The molecule has 0 bridgehead atoms. The van der Waals surface area contributed by atoms with Gasteiger partial charge in [0.15, 0.2) is 6.33 Å². The van der Waals surface area contributed by atoms with E-state index in [0.29, 0.717) is 0 Å². The van der Waals surface area contributed by atoms with E-state index in [-0.39, 0.29) is 0 Å². The van der Waals surface area contributed by atoms with E-state index in [4.69, 9.17) is 0 Å². The van der Waals surface area contributed by atoms with E-state index in [0.717, 1.165) is 11.4 Å². The summed E-state index contributed by atoms with van der Waals surface area (Å²) in [6, 6.07) is 0. The maximum Gasteiger partial charge on any atom is 0.161 e. The largest absolute Gasteiger partial charge is 0.177 e. The SMILES string of the molecule is C1=CC(=C2C=CN=N2)N=N1.c1nn[nH]n1. The Kier molecular flexibility index (Phi) is 2.81. The third-order valence-electron chi connectivity index (χ3n) is 1.46. The Morgan fingerprint density at radius 2 is 1.60 bits per heavy atom. The summed E-state index contributed by atoms with van der Waals surface area (Å²) in [6.45, 7) is 0. The normalized spacial score (nSPS) is 20.8.